The number of halogens is 1. The summed E-state index contributed by atoms with van der Waals surface area (Å²) < 4.78 is 11.1. The minimum absolute atomic E-state index is 0.746. The zero-order chi connectivity index (χ0) is 13.0. The van der Waals surface area contributed by atoms with Crippen LogP contribution in [0.15, 0.2) is 12.1 Å². The van der Waals surface area contributed by atoms with E-state index in [0.717, 1.165) is 61.4 Å². The van der Waals surface area contributed by atoms with Crippen LogP contribution in [-0.4, -0.2) is 39.5 Å². The molecule has 1 aliphatic rings. The monoisotopic (exact) mass is 270 g/mol. The molecule has 2 rings (SSSR count). The highest BCUT2D eigenvalue weighted by Crippen LogP contribution is 2.25. The zero-order valence-corrected chi connectivity index (χ0v) is 11.8. The largest absolute Gasteiger partial charge is 0.488 e. The van der Waals surface area contributed by atoms with E-state index in [4.69, 9.17) is 21.1 Å². The van der Waals surface area contributed by atoms with Crippen molar-refractivity contribution in [2.24, 2.45) is 0 Å². The molecule has 1 aromatic rings. The summed E-state index contributed by atoms with van der Waals surface area (Å²) in [5.74, 6) is 0.919. The second kappa shape index (κ2) is 6.41. The number of hydrogen-bond donors (Lipinski definition) is 1. The van der Waals surface area contributed by atoms with Gasteiger partial charge in [0.2, 0.25) is 0 Å². The lowest BCUT2D eigenvalue weighted by Crippen LogP contribution is -3.14. The lowest BCUT2D eigenvalue weighted by atomic mass is 10.1. The molecule has 18 heavy (non-hydrogen) atoms. The van der Waals surface area contributed by atoms with Crippen LogP contribution in [0.3, 0.4) is 0 Å². The van der Waals surface area contributed by atoms with E-state index in [9.17, 15) is 0 Å². The fourth-order valence-electron chi connectivity index (χ4n) is 2.21. The van der Waals surface area contributed by atoms with Gasteiger partial charge in [0.25, 0.3) is 0 Å². The topological polar surface area (TPSA) is 22.9 Å². The number of benzene rings is 1. The molecular formula is C14H21ClNO2+. The average molecular weight is 271 g/mol. The SMILES string of the molecule is Cc1cc(OCC[NH+]2CCOCC2)cc(C)c1Cl. The summed E-state index contributed by atoms with van der Waals surface area (Å²) in [6.07, 6.45) is 0. The van der Waals surface area contributed by atoms with Crippen molar-refractivity contribution in [1.82, 2.24) is 0 Å². The third kappa shape index (κ3) is 3.61. The Hall–Kier alpha value is -0.770. The van der Waals surface area contributed by atoms with E-state index in [1.54, 1.807) is 4.90 Å². The van der Waals surface area contributed by atoms with Crippen LogP contribution in [0.2, 0.25) is 5.02 Å². The molecule has 1 aliphatic heterocycles. The smallest absolute Gasteiger partial charge is 0.137 e. The summed E-state index contributed by atoms with van der Waals surface area (Å²) in [6, 6.07) is 4.01. The minimum Gasteiger partial charge on any atom is -0.488 e. The Balaban J connectivity index is 1.82. The van der Waals surface area contributed by atoms with Crippen LogP contribution in [-0.2, 0) is 4.74 Å². The first-order valence-electron chi connectivity index (χ1n) is 6.47. The van der Waals surface area contributed by atoms with Crippen molar-refractivity contribution in [2.75, 3.05) is 39.5 Å². The van der Waals surface area contributed by atoms with E-state index in [0.29, 0.717) is 0 Å². The van der Waals surface area contributed by atoms with Crippen LogP contribution in [0.1, 0.15) is 11.1 Å². The van der Waals surface area contributed by atoms with Crippen LogP contribution in [0.4, 0.5) is 0 Å². The van der Waals surface area contributed by atoms with Gasteiger partial charge < -0.3 is 14.4 Å². The van der Waals surface area contributed by atoms with Gasteiger partial charge in [-0.3, -0.25) is 0 Å². The molecule has 0 aliphatic carbocycles. The van der Waals surface area contributed by atoms with Gasteiger partial charge in [-0.15, -0.1) is 0 Å². The van der Waals surface area contributed by atoms with Crippen LogP contribution < -0.4 is 9.64 Å². The maximum absolute atomic E-state index is 6.13. The molecule has 4 heteroatoms. The molecular weight excluding hydrogens is 250 g/mol. The Morgan fingerprint density at radius 1 is 1.22 bits per heavy atom. The molecule has 0 aromatic heterocycles. The van der Waals surface area contributed by atoms with Crippen molar-refractivity contribution in [2.45, 2.75) is 13.8 Å². The van der Waals surface area contributed by atoms with Gasteiger partial charge in [0, 0.05) is 5.02 Å². The van der Waals surface area contributed by atoms with Gasteiger partial charge in [-0.1, -0.05) is 11.6 Å². The fraction of sp³-hybridized carbons (Fsp3) is 0.571. The van der Waals surface area contributed by atoms with Crippen LogP contribution in [0.5, 0.6) is 5.75 Å². The van der Waals surface area contributed by atoms with Crippen LogP contribution in [0, 0.1) is 13.8 Å². The van der Waals surface area contributed by atoms with Crippen molar-refractivity contribution in [3.8, 4) is 5.75 Å². The Kier molecular flexibility index (Phi) is 4.87. The Morgan fingerprint density at radius 2 is 1.83 bits per heavy atom. The van der Waals surface area contributed by atoms with Crippen molar-refractivity contribution in [3.05, 3.63) is 28.3 Å². The maximum Gasteiger partial charge on any atom is 0.137 e. The first kappa shape index (κ1) is 13.7. The van der Waals surface area contributed by atoms with Crippen LogP contribution in [0.25, 0.3) is 0 Å². The molecule has 0 spiro atoms. The number of nitrogens with one attached hydrogen (secondary N) is 1. The highest BCUT2D eigenvalue weighted by atomic mass is 35.5. The van der Waals surface area contributed by atoms with Gasteiger partial charge in [-0.2, -0.15) is 0 Å². The molecule has 1 fully saturated rings. The molecule has 0 radical (unpaired) electrons. The summed E-state index contributed by atoms with van der Waals surface area (Å²) in [6.45, 7) is 9.71. The van der Waals surface area contributed by atoms with E-state index in [2.05, 4.69) is 0 Å². The van der Waals surface area contributed by atoms with E-state index >= 15 is 0 Å². The predicted octanol–water partition coefficient (Wildman–Crippen LogP) is 1.25. The summed E-state index contributed by atoms with van der Waals surface area (Å²) in [7, 11) is 0. The summed E-state index contributed by atoms with van der Waals surface area (Å²) >= 11 is 6.13. The molecule has 1 aromatic carbocycles. The van der Waals surface area contributed by atoms with Gasteiger partial charge in [0.15, 0.2) is 0 Å². The van der Waals surface area contributed by atoms with Gasteiger partial charge in [-0.05, 0) is 37.1 Å². The van der Waals surface area contributed by atoms with Crippen molar-refractivity contribution >= 4 is 11.6 Å². The van der Waals surface area contributed by atoms with E-state index in [1.807, 2.05) is 26.0 Å². The van der Waals surface area contributed by atoms with Gasteiger partial charge in [0.05, 0.1) is 13.2 Å². The first-order valence-corrected chi connectivity index (χ1v) is 6.85. The summed E-state index contributed by atoms with van der Waals surface area (Å²) in [5, 5.41) is 0.834. The van der Waals surface area contributed by atoms with E-state index in [-0.39, 0.29) is 0 Å². The van der Waals surface area contributed by atoms with Crippen molar-refractivity contribution in [3.63, 3.8) is 0 Å². The standard InChI is InChI=1S/C14H20ClNO2/c1-11-9-13(10-12(2)14(11)15)18-8-5-16-3-6-17-7-4-16/h9-10H,3-8H2,1-2H3/p+1. The normalized spacial score (nSPS) is 16.8. The number of ether oxygens (including phenoxy) is 2. The third-order valence-electron chi connectivity index (χ3n) is 3.33. The fourth-order valence-corrected chi connectivity index (χ4v) is 2.32. The number of morpholine rings is 1. The number of rotatable bonds is 4. The molecule has 0 atom stereocenters. The first-order chi connectivity index (χ1) is 8.66. The molecule has 0 unspecified atom stereocenters. The molecule has 0 bridgehead atoms. The average Bonchev–Trinajstić information content (AvgIpc) is 2.37. The van der Waals surface area contributed by atoms with Crippen molar-refractivity contribution in [1.29, 1.82) is 0 Å². The Labute approximate surface area is 114 Å². The van der Waals surface area contributed by atoms with E-state index in [1.165, 1.54) is 0 Å². The van der Waals surface area contributed by atoms with Gasteiger partial charge in [0.1, 0.15) is 32.0 Å². The van der Waals surface area contributed by atoms with Gasteiger partial charge in [-0.25, -0.2) is 0 Å². The second-order valence-electron chi connectivity index (χ2n) is 4.83. The highest BCUT2D eigenvalue weighted by Gasteiger charge is 2.13. The molecule has 0 amide bonds. The molecule has 0 saturated carbocycles. The number of hydrogen-bond acceptors (Lipinski definition) is 2. The predicted molar refractivity (Wildman–Crippen MR) is 72.8 cm³/mol. The van der Waals surface area contributed by atoms with Crippen LogP contribution >= 0.6 is 11.6 Å². The molecule has 3 nitrogen and oxygen atoms in total. The summed E-state index contributed by atoms with van der Waals surface area (Å²) in [4.78, 5) is 1.56. The lowest BCUT2D eigenvalue weighted by molar-refractivity contribution is -0.908. The van der Waals surface area contributed by atoms with Gasteiger partial charge >= 0.3 is 0 Å². The summed E-state index contributed by atoms with van der Waals surface area (Å²) in [5.41, 5.74) is 2.15. The number of aryl methyl sites for hydroxylation is 2. The lowest BCUT2D eigenvalue weighted by Gasteiger charge is -2.23. The maximum atomic E-state index is 6.13. The quantitative estimate of drug-likeness (QED) is 0.890. The molecule has 100 valence electrons. The van der Waals surface area contributed by atoms with Crippen molar-refractivity contribution < 1.29 is 14.4 Å². The third-order valence-corrected chi connectivity index (χ3v) is 3.93. The molecule has 1 N–H and O–H groups in total. The Morgan fingerprint density at radius 3 is 2.44 bits per heavy atom. The number of quaternary nitrogens is 1. The van der Waals surface area contributed by atoms with E-state index < -0.39 is 0 Å². The molecule has 1 heterocycles. The minimum atomic E-state index is 0.746. The second-order valence-corrected chi connectivity index (χ2v) is 5.21. The highest BCUT2D eigenvalue weighted by molar-refractivity contribution is 6.32. The Bertz CT molecular complexity index is 380. The zero-order valence-electron chi connectivity index (χ0n) is 11.1. The molecule has 1 saturated heterocycles.